The summed E-state index contributed by atoms with van der Waals surface area (Å²) in [5.74, 6) is -1.26. The third kappa shape index (κ3) is 6.60. The second kappa shape index (κ2) is 12.4. The maximum absolute atomic E-state index is 12.1. The molecule has 0 aliphatic carbocycles. The van der Waals surface area contributed by atoms with Crippen molar-refractivity contribution in [2.24, 2.45) is 20.5 Å². The number of hydrogen-bond acceptors (Lipinski definition) is 6. The first kappa shape index (κ1) is 28.2. The van der Waals surface area contributed by atoms with Crippen LogP contribution in [0.2, 0.25) is 10.0 Å². The number of aromatic nitrogens is 2. The molecule has 0 saturated carbocycles. The molecule has 0 saturated heterocycles. The fraction of sp³-hybridized carbons (Fsp3) is 0.250. The van der Waals surface area contributed by atoms with Crippen LogP contribution >= 0.6 is 55.1 Å². The van der Waals surface area contributed by atoms with Crippen molar-refractivity contribution in [1.82, 2.24) is 9.97 Å². The van der Waals surface area contributed by atoms with Crippen LogP contribution in [0.15, 0.2) is 53.7 Å². The van der Waals surface area contributed by atoms with Gasteiger partial charge in [-0.05, 0) is 69.0 Å². The van der Waals surface area contributed by atoms with E-state index in [1.54, 1.807) is 24.3 Å². The van der Waals surface area contributed by atoms with Gasteiger partial charge in [0.15, 0.2) is 11.4 Å². The zero-order valence-corrected chi connectivity index (χ0v) is 24.2. The number of carbonyl (C=O) groups excluding carboxylic acids is 2. The molecule has 10 nitrogen and oxygen atoms in total. The number of aromatic hydroxyl groups is 2. The minimum atomic E-state index is -0.421. The Balaban J connectivity index is 1.21. The summed E-state index contributed by atoms with van der Waals surface area (Å²) < 4.78 is 1.30. The lowest BCUT2D eigenvalue weighted by Crippen LogP contribution is -1.94. The summed E-state index contributed by atoms with van der Waals surface area (Å²) in [5, 5.41) is 37.4. The molecular weight excluding hydrogens is 667 g/mol. The van der Waals surface area contributed by atoms with Gasteiger partial charge < -0.3 is 20.2 Å². The number of hydrogen-bond donors (Lipinski definition) is 4. The van der Waals surface area contributed by atoms with Crippen LogP contribution in [0, 0.1) is 0 Å². The molecule has 4 N–H and O–H groups in total. The Labute approximate surface area is 242 Å². The molecule has 38 heavy (non-hydrogen) atoms. The number of unbranched alkanes of at least 4 members (excludes halogenated alkanes) is 3. The van der Waals surface area contributed by atoms with Gasteiger partial charge in [0.1, 0.15) is 0 Å². The SMILES string of the molecule is O=C(CCCCCCC(=O)N=Nc1c(O)[nH]c2c(Br)cc(Cl)cc12)N=Nc1c(O)[nH]c2c(Br)cc(Cl)cc12. The van der Waals surface area contributed by atoms with Gasteiger partial charge >= 0.3 is 0 Å². The quantitative estimate of drug-likeness (QED) is 0.102. The third-order valence-corrected chi connectivity index (χ3v) is 7.30. The van der Waals surface area contributed by atoms with Crippen molar-refractivity contribution in [1.29, 1.82) is 0 Å². The third-order valence-electron chi connectivity index (χ3n) is 5.61. The van der Waals surface area contributed by atoms with Gasteiger partial charge in [-0.15, -0.1) is 20.5 Å². The normalized spacial score (nSPS) is 12.0. The Morgan fingerprint density at radius 1 is 0.711 bits per heavy atom. The van der Waals surface area contributed by atoms with E-state index in [1.165, 1.54) is 0 Å². The van der Waals surface area contributed by atoms with Crippen LogP contribution in [-0.2, 0) is 9.59 Å². The summed E-state index contributed by atoms with van der Waals surface area (Å²) in [6.07, 6.45) is 2.93. The lowest BCUT2D eigenvalue weighted by Gasteiger charge is -1.98. The van der Waals surface area contributed by atoms with E-state index < -0.39 is 11.8 Å². The van der Waals surface area contributed by atoms with Gasteiger partial charge in [-0.2, -0.15) is 0 Å². The van der Waals surface area contributed by atoms with Crippen LogP contribution < -0.4 is 0 Å². The summed E-state index contributed by atoms with van der Waals surface area (Å²) in [6, 6.07) is 6.59. The van der Waals surface area contributed by atoms with E-state index in [2.05, 4.69) is 62.3 Å². The average molecular weight is 687 g/mol. The molecule has 0 unspecified atom stereocenters. The molecule has 198 valence electrons. The summed E-state index contributed by atoms with van der Waals surface area (Å²) in [6.45, 7) is 0. The highest BCUT2D eigenvalue weighted by molar-refractivity contribution is 9.11. The number of rotatable bonds is 9. The van der Waals surface area contributed by atoms with E-state index in [4.69, 9.17) is 23.2 Å². The smallest absolute Gasteiger partial charge is 0.264 e. The summed E-state index contributed by atoms with van der Waals surface area (Å²) in [7, 11) is 0. The number of carbonyl (C=O) groups is 2. The number of halogens is 4. The number of nitrogens with zero attached hydrogens (tertiary/aromatic N) is 4. The van der Waals surface area contributed by atoms with Crippen LogP contribution in [0.1, 0.15) is 38.5 Å². The van der Waals surface area contributed by atoms with Crippen LogP contribution in [0.5, 0.6) is 11.8 Å². The van der Waals surface area contributed by atoms with Crippen molar-refractivity contribution in [3.8, 4) is 11.8 Å². The van der Waals surface area contributed by atoms with Crippen molar-refractivity contribution in [2.75, 3.05) is 0 Å². The topological polar surface area (TPSA) is 156 Å². The Kier molecular flexibility index (Phi) is 9.19. The highest BCUT2D eigenvalue weighted by atomic mass is 79.9. The van der Waals surface area contributed by atoms with Crippen LogP contribution in [0.3, 0.4) is 0 Å². The van der Waals surface area contributed by atoms with Gasteiger partial charge in [-0.25, -0.2) is 0 Å². The first-order valence-electron chi connectivity index (χ1n) is 11.4. The van der Waals surface area contributed by atoms with Gasteiger partial charge in [-0.1, -0.05) is 36.0 Å². The monoisotopic (exact) mass is 684 g/mol. The van der Waals surface area contributed by atoms with Crippen LogP contribution in [-0.4, -0.2) is 32.0 Å². The summed E-state index contributed by atoms with van der Waals surface area (Å²) in [4.78, 5) is 29.8. The van der Waals surface area contributed by atoms with Crippen molar-refractivity contribution in [3.05, 3.63) is 43.3 Å². The second-order valence-corrected chi connectivity index (χ2v) is 10.9. The van der Waals surface area contributed by atoms with E-state index in [9.17, 15) is 19.8 Å². The molecule has 0 fully saturated rings. The van der Waals surface area contributed by atoms with Crippen molar-refractivity contribution >= 4 is 100 Å². The average Bonchev–Trinajstić information content (AvgIpc) is 3.34. The van der Waals surface area contributed by atoms with Crippen molar-refractivity contribution < 1.29 is 19.8 Å². The predicted molar refractivity (Wildman–Crippen MR) is 152 cm³/mol. The summed E-state index contributed by atoms with van der Waals surface area (Å²) >= 11 is 18.8. The largest absolute Gasteiger partial charge is 0.493 e. The molecule has 2 aromatic heterocycles. The Hall–Kier alpha value is -2.80. The van der Waals surface area contributed by atoms with Crippen molar-refractivity contribution in [2.45, 2.75) is 38.5 Å². The van der Waals surface area contributed by atoms with Gasteiger partial charge in [0.25, 0.3) is 11.8 Å². The Bertz CT molecular complexity index is 1480. The maximum atomic E-state index is 12.1. The first-order valence-corrected chi connectivity index (χ1v) is 13.8. The molecular formula is C24H20Br2Cl2N6O4. The van der Waals surface area contributed by atoms with E-state index in [-0.39, 0.29) is 36.0 Å². The van der Waals surface area contributed by atoms with E-state index in [1.807, 2.05) is 0 Å². The number of azo groups is 2. The maximum Gasteiger partial charge on any atom is 0.264 e. The molecule has 2 heterocycles. The molecule has 2 amide bonds. The van der Waals surface area contributed by atoms with Gasteiger partial charge in [0, 0.05) is 42.6 Å². The number of aromatic amines is 2. The van der Waals surface area contributed by atoms with Gasteiger partial charge in [0.2, 0.25) is 11.8 Å². The minimum absolute atomic E-state index is 0.140. The number of amides is 2. The van der Waals surface area contributed by atoms with E-state index in [0.29, 0.717) is 66.5 Å². The zero-order chi connectivity index (χ0) is 27.4. The molecule has 2 aromatic carbocycles. The molecule has 4 rings (SSSR count). The highest BCUT2D eigenvalue weighted by Crippen LogP contribution is 2.41. The van der Waals surface area contributed by atoms with Crippen LogP contribution in [0.4, 0.5) is 11.4 Å². The molecule has 4 aromatic rings. The highest BCUT2D eigenvalue weighted by Gasteiger charge is 2.15. The fourth-order valence-electron chi connectivity index (χ4n) is 3.81. The Morgan fingerprint density at radius 3 is 1.50 bits per heavy atom. The minimum Gasteiger partial charge on any atom is -0.493 e. The van der Waals surface area contributed by atoms with E-state index in [0.717, 1.165) is 0 Å². The zero-order valence-electron chi connectivity index (χ0n) is 19.6. The lowest BCUT2D eigenvalue weighted by atomic mass is 10.1. The van der Waals surface area contributed by atoms with E-state index >= 15 is 0 Å². The predicted octanol–water partition coefficient (Wildman–Crippen LogP) is 9.15. The van der Waals surface area contributed by atoms with Gasteiger partial charge in [0.05, 0.1) is 11.0 Å². The molecule has 0 atom stereocenters. The summed E-state index contributed by atoms with van der Waals surface area (Å²) in [5.41, 5.74) is 1.47. The molecule has 0 bridgehead atoms. The number of nitrogens with one attached hydrogen (secondary N) is 2. The molecule has 0 aliphatic rings. The molecule has 14 heteroatoms. The standard InChI is InChI=1S/C24H20Br2Cl2N6O4/c25-15-9-11(27)7-13-19(15)29-23(37)21(13)33-31-17(35)5-3-1-2-4-6-18(36)32-34-22-14-8-12(28)10-16(26)20(14)30-24(22)38/h7-10,29-30,37-38H,1-6H2. The second-order valence-electron chi connectivity index (χ2n) is 8.37. The van der Waals surface area contributed by atoms with Gasteiger partial charge in [-0.3, -0.25) is 9.59 Å². The number of benzene rings is 2. The van der Waals surface area contributed by atoms with Crippen molar-refractivity contribution in [3.63, 3.8) is 0 Å². The lowest BCUT2D eigenvalue weighted by molar-refractivity contribution is -0.119. The molecule has 0 radical (unpaired) electrons. The first-order chi connectivity index (χ1) is 18.1. The molecule has 0 spiro atoms. The van der Waals surface area contributed by atoms with Crippen LogP contribution in [0.25, 0.3) is 21.8 Å². The Morgan fingerprint density at radius 2 is 1.11 bits per heavy atom. The fourth-order valence-corrected chi connectivity index (χ4v) is 5.62. The number of H-pyrrole nitrogens is 2. The number of fused-ring (bicyclic) bond motifs is 2. The molecule has 0 aliphatic heterocycles.